The van der Waals surface area contributed by atoms with E-state index in [9.17, 15) is 9.59 Å². The van der Waals surface area contributed by atoms with Crippen LogP contribution < -0.4 is 15.4 Å². The molecule has 29 heavy (non-hydrogen) atoms. The van der Waals surface area contributed by atoms with Crippen LogP contribution in [0.15, 0.2) is 24.3 Å². The second kappa shape index (κ2) is 10.2. The minimum atomic E-state index is -0.302. The maximum Gasteiger partial charge on any atom is 0.317 e. The largest absolute Gasteiger partial charge is 0.497 e. The summed E-state index contributed by atoms with van der Waals surface area (Å²) in [4.78, 5) is 26.5. The van der Waals surface area contributed by atoms with E-state index in [1.165, 1.54) is 11.3 Å². The molecule has 3 amide bonds. The van der Waals surface area contributed by atoms with Crippen molar-refractivity contribution in [3.05, 3.63) is 34.3 Å². The van der Waals surface area contributed by atoms with Crippen LogP contribution in [0.1, 0.15) is 33.6 Å². The number of benzene rings is 1. The summed E-state index contributed by atoms with van der Waals surface area (Å²) in [6.07, 6.45) is 1.80. The van der Waals surface area contributed by atoms with Crippen LogP contribution in [0.4, 0.5) is 10.5 Å². The Morgan fingerprint density at radius 2 is 2.03 bits per heavy atom. The summed E-state index contributed by atoms with van der Waals surface area (Å²) in [6.45, 7) is 2.23. The van der Waals surface area contributed by atoms with Crippen molar-refractivity contribution in [3.8, 4) is 5.75 Å². The number of methoxy groups -OCH3 is 2. The van der Waals surface area contributed by atoms with Gasteiger partial charge in [-0.3, -0.25) is 4.79 Å². The summed E-state index contributed by atoms with van der Waals surface area (Å²) in [7, 11) is 3.19. The van der Waals surface area contributed by atoms with Gasteiger partial charge >= 0.3 is 6.03 Å². The second-order valence-electron chi connectivity index (χ2n) is 6.64. The molecule has 0 spiro atoms. The number of likely N-dealkylation sites (tertiary alicyclic amines) is 1. The first kappa shape index (κ1) is 21.0. The molecule has 156 valence electrons. The smallest absolute Gasteiger partial charge is 0.317 e. The van der Waals surface area contributed by atoms with Gasteiger partial charge in [-0.05, 0) is 37.1 Å². The molecule has 10 heteroatoms. The van der Waals surface area contributed by atoms with Crippen LogP contribution in [-0.2, 0) is 4.74 Å². The SMILES string of the molecule is COCCNC(=O)N1CCCC(c2nnc(C(=O)Nc3ccc(OC)cc3)s2)C1. The highest BCUT2D eigenvalue weighted by molar-refractivity contribution is 7.13. The van der Waals surface area contributed by atoms with E-state index in [1.807, 2.05) is 0 Å². The highest BCUT2D eigenvalue weighted by Gasteiger charge is 2.28. The molecule has 1 saturated heterocycles. The van der Waals surface area contributed by atoms with E-state index in [0.717, 1.165) is 17.8 Å². The van der Waals surface area contributed by atoms with Crippen LogP contribution in [0.5, 0.6) is 5.75 Å². The normalized spacial score (nSPS) is 16.3. The number of hydrogen-bond acceptors (Lipinski definition) is 7. The standard InChI is InChI=1S/C19H25N5O4S/c1-27-11-9-20-19(26)24-10-3-4-13(12-24)17-22-23-18(29-17)16(25)21-14-5-7-15(28-2)8-6-14/h5-8,13H,3-4,9-12H2,1-2H3,(H,20,26)(H,21,25). The predicted molar refractivity (Wildman–Crippen MR) is 110 cm³/mol. The van der Waals surface area contributed by atoms with Crippen molar-refractivity contribution < 1.29 is 19.1 Å². The number of nitrogens with zero attached hydrogens (tertiary/aromatic N) is 3. The zero-order valence-electron chi connectivity index (χ0n) is 16.5. The molecule has 2 heterocycles. The van der Waals surface area contributed by atoms with Crippen molar-refractivity contribution in [1.82, 2.24) is 20.4 Å². The van der Waals surface area contributed by atoms with Gasteiger partial charge in [-0.1, -0.05) is 11.3 Å². The molecule has 0 aliphatic carbocycles. The molecule has 0 radical (unpaired) electrons. The second-order valence-corrected chi connectivity index (χ2v) is 7.65. The lowest BCUT2D eigenvalue weighted by molar-refractivity contribution is 0.102. The van der Waals surface area contributed by atoms with E-state index < -0.39 is 0 Å². The number of carbonyl (C=O) groups is 2. The molecule has 1 fully saturated rings. The van der Waals surface area contributed by atoms with Gasteiger partial charge in [0.05, 0.1) is 13.7 Å². The number of piperidine rings is 1. The Morgan fingerprint density at radius 3 is 2.76 bits per heavy atom. The van der Waals surface area contributed by atoms with Crippen molar-refractivity contribution in [1.29, 1.82) is 0 Å². The highest BCUT2D eigenvalue weighted by atomic mass is 32.1. The van der Waals surface area contributed by atoms with Crippen LogP contribution in [0.25, 0.3) is 0 Å². The maximum absolute atomic E-state index is 12.5. The van der Waals surface area contributed by atoms with E-state index >= 15 is 0 Å². The number of hydrogen-bond donors (Lipinski definition) is 2. The molecule has 1 aliphatic heterocycles. The summed E-state index contributed by atoms with van der Waals surface area (Å²) in [5.41, 5.74) is 0.657. The summed E-state index contributed by atoms with van der Waals surface area (Å²) in [6, 6.07) is 6.97. The van der Waals surface area contributed by atoms with Crippen LogP contribution in [-0.4, -0.2) is 67.5 Å². The van der Waals surface area contributed by atoms with Gasteiger partial charge in [0.25, 0.3) is 5.91 Å². The molecular weight excluding hydrogens is 394 g/mol. The van der Waals surface area contributed by atoms with E-state index in [2.05, 4.69) is 20.8 Å². The number of urea groups is 1. The number of ether oxygens (including phenoxy) is 2. The quantitative estimate of drug-likeness (QED) is 0.668. The molecule has 9 nitrogen and oxygen atoms in total. The predicted octanol–water partition coefficient (Wildman–Crippen LogP) is 2.33. The third-order valence-electron chi connectivity index (χ3n) is 4.62. The Labute approximate surface area is 173 Å². The van der Waals surface area contributed by atoms with Gasteiger partial charge in [0.2, 0.25) is 5.01 Å². The molecule has 2 aromatic rings. The summed E-state index contributed by atoms with van der Waals surface area (Å²) < 4.78 is 10.1. The van der Waals surface area contributed by atoms with Gasteiger partial charge in [-0.2, -0.15) is 0 Å². The lowest BCUT2D eigenvalue weighted by atomic mass is 9.99. The summed E-state index contributed by atoms with van der Waals surface area (Å²) in [5, 5.41) is 15.0. The maximum atomic E-state index is 12.5. The first-order chi connectivity index (χ1) is 14.1. The first-order valence-corrected chi connectivity index (χ1v) is 10.2. The van der Waals surface area contributed by atoms with Gasteiger partial charge in [0.1, 0.15) is 10.8 Å². The van der Waals surface area contributed by atoms with Gasteiger partial charge in [-0.25, -0.2) is 4.79 Å². The van der Waals surface area contributed by atoms with Gasteiger partial charge < -0.3 is 25.0 Å². The zero-order chi connectivity index (χ0) is 20.6. The number of amides is 3. The monoisotopic (exact) mass is 419 g/mol. The number of nitrogens with one attached hydrogen (secondary N) is 2. The fraction of sp³-hybridized carbons (Fsp3) is 0.474. The molecule has 1 unspecified atom stereocenters. The third kappa shape index (κ3) is 5.64. The summed E-state index contributed by atoms with van der Waals surface area (Å²) >= 11 is 1.27. The Morgan fingerprint density at radius 1 is 1.24 bits per heavy atom. The van der Waals surface area contributed by atoms with Crippen molar-refractivity contribution in [3.63, 3.8) is 0 Å². The molecule has 0 saturated carbocycles. The lowest BCUT2D eigenvalue weighted by Crippen LogP contribution is -2.45. The number of aromatic nitrogens is 2. The van der Waals surface area contributed by atoms with Gasteiger partial charge in [0.15, 0.2) is 0 Å². The van der Waals surface area contributed by atoms with E-state index in [4.69, 9.17) is 9.47 Å². The molecular formula is C19H25N5O4S. The zero-order valence-corrected chi connectivity index (χ0v) is 17.3. The minimum absolute atomic E-state index is 0.0805. The highest BCUT2D eigenvalue weighted by Crippen LogP contribution is 2.29. The van der Waals surface area contributed by atoms with Gasteiger partial charge in [0, 0.05) is 38.3 Å². The Hall–Kier alpha value is -2.72. The molecule has 1 atom stereocenters. The molecule has 0 bridgehead atoms. The Kier molecular flexibility index (Phi) is 7.36. The van der Waals surface area contributed by atoms with Crippen molar-refractivity contribution in [2.75, 3.05) is 45.8 Å². The Bertz CT molecular complexity index is 826. The third-order valence-corrected chi connectivity index (χ3v) is 5.71. The lowest BCUT2D eigenvalue weighted by Gasteiger charge is -2.31. The van der Waals surface area contributed by atoms with Crippen molar-refractivity contribution in [2.45, 2.75) is 18.8 Å². The molecule has 3 rings (SSSR count). The molecule has 2 N–H and O–H groups in total. The van der Waals surface area contributed by atoms with Crippen molar-refractivity contribution in [2.24, 2.45) is 0 Å². The van der Waals surface area contributed by atoms with Gasteiger partial charge in [-0.15, -0.1) is 10.2 Å². The minimum Gasteiger partial charge on any atom is -0.497 e. The van der Waals surface area contributed by atoms with Crippen LogP contribution in [0, 0.1) is 0 Å². The Balaban J connectivity index is 1.58. The van der Waals surface area contributed by atoms with Crippen molar-refractivity contribution >= 4 is 29.0 Å². The van der Waals surface area contributed by atoms with E-state index in [0.29, 0.717) is 42.7 Å². The fourth-order valence-electron chi connectivity index (χ4n) is 3.09. The van der Waals surface area contributed by atoms with Crippen LogP contribution >= 0.6 is 11.3 Å². The van der Waals surface area contributed by atoms with Crippen LogP contribution in [0.3, 0.4) is 0 Å². The average molecular weight is 420 g/mol. The summed E-state index contributed by atoms with van der Waals surface area (Å²) in [5.74, 6) is 0.496. The van der Waals surface area contributed by atoms with Crippen LogP contribution in [0.2, 0.25) is 0 Å². The number of anilines is 1. The molecule has 1 aromatic carbocycles. The number of rotatable bonds is 7. The first-order valence-electron chi connectivity index (χ1n) is 9.41. The fourth-order valence-corrected chi connectivity index (χ4v) is 3.95. The number of carbonyl (C=O) groups excluding carboxylic acids is 2. The molecule has 1 aromatic heterocycles. The average Bonchev–Trinajstić information content (AvgIpc) is 3.25. The topological polar surface area (TPSA) is 106 Å². The molecule has 1 aliphatic rings. The van der Waals surface area contributed by atoms with E-state index in [-0.39, 0.29) is 17.9 Å². The van der Waals surface area contributed by atoms with E-state index in [1.54, 1.807) is 43.4 Å².